The van der Waals surface area contributed by atoms with E-state index < -0.39 is 6.10 Å². The first-order chi connectivity index (χ1) is 8.93. The number of nitrogens with two attached hydrogens (primary N) is 1. The lowest BCUT2D eigenvalue weighted by Gasteiger charge is -2.16. The molecule has 0 saturated carbocycles. The van der Waals surface area contributed by atoms with Gasteiger partial charge in [0.05, 0.1) is 0 Å². The van der Waals surface area contributed by atoms with Crippen LogP contribution in [0.1, 0.15) is 19.4 Å². The van der Waals surface area contributed by atoms with Gasteiger partial charge in [-0.05, 0) is 50.1 Å². The second kappa shape index (κ2) is 9.06. The van der Waals surface area contributed by atoms with Crippen molar-refractivity contribution < 1.29 is 9.53 Å². The van der Waals surface area contributed by atoms with Gasteiger partial charge in [-0.25, -0.2) is 0 Å². The smallest absolute Gasteiger partial charge is 0.260 e. The van der Waals surface area contributed by atoms with Crippen LogP contribution < -0.4 is 15.8 Å². The van der Waals surface area contributed by atoms with Gasteiger partial charge >= 0.3 is 0 Å². The summed E-state index contributed by atoms with van der Waals surface area (Å²) in [6, 6.07) is 5.32. The molecule has 0 radical (unpaired) electrons. The van der Waals surface area contributed by atoms with Crippen molar-refractivity contribution in [2.24, 2.45) is 11.7 Å². The van der Waals surface area contributed by atoms with Crippen molar-refractivity contribution in [1.82, 2.24) is 5.32 Å². The number of benzene rings is 1. The molecule has 0 fully saturated rings. The van der Waals surface area contributed by atoms with Gasteiger partial charge in [-0.2, -0.15) is 0 Å². The molecule has 0 bridgehead atoms. The third kappa shape index (κ3) is 5.99. The first-order valence-corrected chi connectivity index (χ1v) is 6.72. The zero-order chi connectivity index (χ0) is 14.4. The molecule has 114 valence electrons. The summed E-state index contributed by atoms with van der Waals surface area (Å²) in [6.07, 6.45) is -0.550. The van der Waals surface area contributed by atoms with Crippen molar-refractivity contribution >= 4 is 29.9 Å². The van der Waals surface area contributed by atoms with E-state index in [1.54, 1.807) is 19.1 Å². The van der Waals surface area contributed by atoms with Crippen molar-refractivity contribution in [2.45, 2.75) is 26.9 Å². The van der Waals surface area contributed by atoms with E-state index in [9.17, 15) is 4.79 Å². The molecule has 2 atom stereocenters. The standard InChI is InChI=1S/C14H21ClN2O2.ClH/c1-9(7-16)8-17-14(18)11(3)19-12-4-5-13(15)10(2)6-12;/h4-6,9,11H,7-8,16H2,1-3H3,(H,17,18);1H. The maximum atomic E-state index is 11.8. The number of hydrogen-bond acceptors (Lipinski definition) is 3. The monoisotopic (exact) mass is 320 g/mol. The Labute approximate surface area is 131 Å². The number of amides is 1. The van der Waals surface area contributed by atoms with Gasteiger partial charge in [-0.3, -0.25) is 4.79 Å². The molecule has 20 heavy (non-hydrogen) atoms. The van der Waals surface area contributed by atoms with Crippen LogP contribution in [0.15, 0.2) is 18.2 Å². The molecule has 6 heteroatoms. The average Bonchev–Trinajstić information content (AvgIpc) is 2.39. The van der Waals surface area contributed by atoms with Crippen molar-refractivity contribution in [3.63, 3.8) is 0 Å². The molecule has 0 spiro atoms. The van der Waals surface area contributed by atoms with Gasteiger partial charge in [0.2, 0.25) is 0 Å². The van der Waals surface area contributed by atoms with E-state index in [4.69, 9.17) is 22.1 Å². The molecule has 0 aliphatic carbocycles. The van der Waals surface area contributed by atoms with Crippen LogP contribution in [0.2, 0.25) is 5.02 Å². The SMILES string of the molecule is Cc1cc(OC(C)C(=O)NCC(C)CN)ccc1Cl.Cl. The van der Waals surface area contributed by atoms with Crippen molar-refractivity contribution in [1.29, 1.82) is 0 Å². The summed E-state index contributed by atoms with van der Waals surface area (Å²) in [6.45, 7) is 6.69. The van der Waals surface area contributed by atoms with Gasteiger partial charge in [-0.1, -0.05) is 18.5 Å². The Morgan fingerprint density at radius 2 is 2.10 bits per heavy atom. The van der Waals surface area contributed by atoms with E-state index in [0.717, 1.165) is 5.56 Å². The normalized spacial score (nSPS) is 13.1. The number of carbonyl (C=O) groups excluding carboxylic acids is 1. The molecule has 1 aromatic carbocycles. The summed E-state index contributed by atoms with van der Waals surface area (Å²) >= 11 is 5.93. The highest BCUT2D eigenvalue weighted by atomic mass is 35.5. The third-order valence-electron chi connectivity index (χ3n) is 2.84. The van der Waals surface area contributed by atoms with Crippen molar-refractivity contribution in [3.05, 3.63) is 28.8 Å². The highest BCUT2D eigenvalue weighted by Crippen LogP contribution is 2.21. The number of halogens is 2. The second-order valence-electron chi connectivity index (χ2n) is 4.76. The lowest BCUT2D eigenvalue weighted by molar-refractivity contribution is -0.127. The van der Waals surface area contributed by atoms with E-state index in [2.05, 4.69) is 5.32 Å². The molecule has 0 saturated heterocycles. The summed E-state index contributed by atoms with van der Waals surface area (Å²) < 4.78 is 5.58. The minimum Gasteiger partial charge on any atom is -0.481 e. The second-order valence-corrected chi connectivity index (χ2v) is 5.16. The topological polar surface area (TPSA) is 64.3 Å². The minimum atomic E-state index is -0.550. The van der Waals surface area contributed by atoms with Gasteiger partial charge in [0.1, 0.15) is 5.75 Å². The summed E-state index contributed by atoms with van der Waals surface area (Å²) in [7, 11) is 0. The molecule has 1 rings (SSSR count). The molecule has 2 unspecified atom stereocenters. The van der Waals surface area contributed by atoms with Gasteiger partial charge in [0.15, 0.2) is 6.10 Å². The van der Waals surface area contributed by atoms with Crippen molar-refractivity contribution in [2.75, 3.05) is 13.1 Å². The maximum Gasteiger partial charge on any atom is 0.260 e. The predicted molar refractivity (Wildman–Crippen MR) is 84.8 cm³/mol. The van der Waals surface area contributed by atoms with Crippen LogP contribution in [-0.4, -0.2) is 25.1 Å². The molecule has 1 aromatic rings. The fourth-order valence-corrected chi connectivity index (χ4v) is 1.57. The average molecular weight is 321 g/mol. The number of ether oxygens (including phenoxy) is 1. The molecular formula is C14H22Cl2N2O2. The van der Waals surface area contributed by atoms with E-state index >= 15 is 0 Å². The van der Waals surface area contributed by atoms with Crippen LogP contribution in [0, 0.1) is 12.8 Å². The highest BCUT2D eigenvalue weighted by molar-refractivity contribution is 6.31. The first-order valence-electron chi connectivity index (χ1n) is 6.34. The minimum absolute atomic E-state index is 0. The van der Waals surface area contributed by atoms with E-state index in [1.165, 1.54) is 0 Å². The Kier molecular flexibility index (Phi) is 8.62. The van der Waals surface area contributed by atoms with Crippen LogP contribution in [0.3, 0.4) is 0 Å². The molecule has 0 aromatic heterocycles. The summed E-state index contributed by atoms with van der Waals surface area (Å²) in [5.41, 5.74) is 6.41. The first kappa shape index (κ1) is 19.0. The number of aryl methyl sites for hydroxylation is 1. The molecule has 0 aliphatic rings. The van der Waals surface area contributed by atoms with Crippen LogP contribution in [0.25, 0.3) is 0 Å². The number of nitrogens with one attached hydrogen (secondary N) is 1. The number of rotatable bonds is 6. The third-order valence-corrected chi connectivity index (χ3v) is 3.26. The van der Waals surface area contributed by atoms with Crippen LogP contribution in [-0.2, 0) is 4.79 Å². The maximum absolute atomic E-state index is 11.8. The number of hydrogen-bond donors (Lipinski definition) is 2. The molecule has 4 nitrogen and oxygen atoms in total. The largest absolute Gasteiger partial charge is 0.481 e. The van der Waals surface area contributed by atoms with Crippen LogP contribution in [0.5, 0.6) is 5.75 Å². The summed E-state index contributed by atoms with van der Waals surface area (Å²) in [4.78, 5) is 11.8. The quantitative estimate of drug-likeness (QED) is 0.846. The Hall–Kier alpha value is -0.970. The Balaban J connectivity index is 0.00000361. The van der Waals surface area contributed by atoms with Gasteiger partial charge in [0.25, 0.3) is 5.91 Å². The van der Waals surface area contributed by atoms with Crippen LogP contribution >= 0.6 is 24.0 Å². The molecule has 0 aliphatic heterocycles. The zero-order valence-electron chi connectivity index (χ0n) is 12.0. The molecule has 3 N–H and O–H groups in total. The van der Waals surface area contributed by atoms with Crippen LogP contribution in [0.4, 0.5) is 0 Å². The molecular weight excluding hydrogens is 299 g/mol. The number of carbonyl (C=O) groups is 1. The van der Waals surface area contributed by atoms with E-state index in [-0.39, 0.29) is 24.2 Å². The highest BCUT2D eigenvalue weighted by Gasteiger charge is 2.15. The van der Waals surface area contributed by atoms with Gasteiger partial charge < -0.3 is 15.8 Å². The van der Waals surface area contributed by atoms with E-state index in [0.29, 0.717) is 23.9 Å². The lowest BCUT2D eigenvalue weighted by Crippen LogP contribution is -2.39. The summed E-state index contributed by atoms with van der Waals surface area (Å²) in [5, 5.41) is 3.49. The predicted octanol–water partition coefficient (Wildman–Crippen LogP) is 2.55. The molecule has 1 amide bonds. The Morgan fingerprint density at radius 1 is 1.45 bits per heavy atom. The zero-order valence-corrected chi connectivity index (χ0v) is 13.6. The Bertz CT molecular complexity index is 441. The van der Waals surface area contributed by atoms with Gasteiger partial charge in [0, 0.05) is 11.6 Å². The van der Waals surface area contributed by atoms with E-state index in [1.807, 2.05) is 19.9 Å². The van der Waals surface area contributed by atoms with Crippen molar-refractivity contribution in [3.8, 4) is 5.75 Å². The Morgan fingerprint density at radius 3 is 2.65 bits per heavy atom. The fraction of sp³-hybridized carbons (Fsp3) is 0.500. The summed E-state index contributed by atoms with van der Waals surface area (Å²) in [5.74, 6) is 0.748. The lowest BCUT2D eigenvalue weighted by atomic mass is 10.2. The fourth-order valence-electron chi connectivity index (χ4n) is 1.45. The van der Waals surface area contributed by atoms with Gasteiger partial charge in [-0.15, -0.1) is 12.4 Å². The molecule has 0 heterocycles.